The third-order valence-electron chi connectivity index (χ3n) is 3.66. The molecule has 3 aromatic carbocycles. The molecule has 3 rings (SSSR count). The Morgan fingerprint density at radius 3 is 2.33 bits per heavy atom. The second kappa shape index (κ2) is 7.44. The lowest BCUT2D eigenvalue weighted by atomic mass is 10.0. The van der Waals surface area contributed by atoms with Gasteiger partial charge in [-0.1, -0.05) is 48.5 Å². The monoisotopic (exact) mass is 319 g/mol. The molecule has 0 saturated carbocycles. The molecule has 4 heteroatoms. The quantitative estimate of drug-likeness (QED) is 0.551. The summed E-state index contributed by atoms with van der Waals surface area (Å²) in [5.41, 5.74) is 5.13. The highest BCUT2D eigenvalue weighted by molar-refractivity contribution is 5.93. The molecule has 4 nitrogen and oxygen atoms in total. The van der Waals surface area contributed by atoms with Crippen LogP contribution in [0.4, 0.5) is 0 Å². The van der Waals surface area contributed by atoms with Gasteiger partial charge in [0.15, 0.2) is 0 Å². The average Bonchev–Trinajstić information content (AvgIpc) is 2.67. The molecule has 0 bridgehead atoms. The normalized spacial score (nSPS) is 10.2. The van der Waals surface area contributed by atoms with E-state index < -0.39 is 5.91 Å². The van der Waals surface area contributed by atoms with Crippen molar-refractivity contribution in [3.05, 3.63) is 90.0 Å². The molecule has 2 N–H and O–H groups in total. The Bertz CT molecular complexity index is 814. The summed E-state index contributed by atoms with van der Waals surface area (Å²) in [6, 6.07) is 24.8. The summed E-state index contributed by atoms with van der Waals surface area (Å²) >= 11 is 0. The van der Waals surface area contributed by atoms with E-state index in [0.29, 0.717) is 12.2 Å². The Labute approximate surface area is 140 Å². The number of benzene rings is 3. The maximum Gasteiger partial charge on any atom is 0.274 e. The van der Waals surface area contributed by atoms with Gasteiger partial charge in [0.25, 0.3) is 5.91 Å². The predicted octanol–water partition coefficient (Wildman–Crippen LogP) is 4.05. The summed E-state index contributed by atoms with van der Waals surface area (Å²) in [7, 11) is 0. The van der Waals surface area contributed by atoms with Gasteiger partial charge in [-0.3, -0.25) is 10.0 Å². The Balaban J connectivity index is 1.74. The van der Waals surface area contributed by atoms with Crippen LogP contribution in [0.2, 0.25) is 0 Å². The van der Waals surface area contributed by atoms with Crippen molar-refractivity contribution in [3.8, 4) is 16.9 Å². The SMILES string of the molecule is O=C(NO)c1ccc(-c2cccc(COc3ccccc3)c2)cc1. The van der Waals surface area contributed by atoms with Gasteiger partial charge in [0, 0.05) is 5.56 Å². The fraction of sp³-hybridized carbons (Fsp3) is 0.0500. The number of hydrogen-bond acceptors (Lipinski definition) is 3. The summed E-state index contributed by atoms with van der Waals surface area (Å²) in [5.74, 6) is 0.314. The van der Waals surface area contributed by atoms with E-state index in [1.165, 1.54) is 0 Å². The maximum atomic E-state index is 11.4. The summed E-state index contributed by atoms with van der Waals surface area (Å²) in [6.07, 6.45) is 0. The smallest absolute Gasteiger partial charge is 0.274 e. The maximum absolute atomic E-state index is 11.4. The molecule has 0 atom stereocenters. The molecule has 0 unspecified atom stereocenters. The van der Waals surface area contributed by atoms with Crippen molar-refractivity contribution in [2.75, 3.05) is 0 Å². The van der Waals surface area contributed by atoms with E-state index in [0.717, 1.165) is 22.4 Å². The molecule has 24 heavy (non-hydrogen) atoms. The zero-order valence-electron chi connectivity index (χ0n) is 13.0. The molecule has 1 amide bonds. The number of carbonyl (C=O) groups is 1. The van der Waals surface area contributed by atoms with Crippen LogP contribution in [-0.4, -0.2) is 11.1 Å². The fourth-order valence-electron chi connectivity index (χ4n) is 2.40. The third kappa shape index (κ3) is 3.80. The molecule has 3 aromatic rings. The van der Waals surface area contributed by atoms with E-state index in [1.54, 1.807) is 17.6 Å². The van der Waals surface area contributed by atoms with Gasteiger partial charge in [-0.2, -0.15) is 0 Å². The van der Waals surface area contributed by atoms with Crippen LogP contribution in [0.3, 0.4) is 0 Å². The first-order chi connectivity index (χ1) is 11.8. The van der Waals surface area contributed by atoms with Crippen LogP contribution in [0.5, 0.6) is 5.75 Å². The van der Waals surface area contributed by atoms with Crippen LogP contribution in [0.15, 0.2) is 78.9 Å². The van der Waals surface area contributed by atoms with E-state index in [4.69, 9.17) is 9.94 Å². The number of carbonyl (C=O) groups excluding carboxylic acids is 1. The molecule has 0 heterocycles. The summed E-state index contributed by atoms with van der Waals surface area (Å²) in [5, 5.41) is 8.65. The molecule has 0 aliphatic heterocycles. The van der Waals surface area contributed by atoms with E-state index in [-0.39, 0.29) is 0 Å². The molecule has 0 saturated heterocycles. The molecule has 0 fully saturated rings. The average molecular weight is 319 g/mol. The highest BCUT2D eigenvalue weighted by atomic mass is 16.5. The second-order valence-electron chi connectivity index (χ2n) is 5.32. The second-order valence-corrected chi connectivity index (χ2v) is 5.32. The van der Waals surface area contributed by atoms with Gasteiger partial charge in [0.05, 0.1) is 0 Å². The first-order valence-corrected chi connectivity index (χ1v) is 7.58. The van der Waals surface area contributed by atoms with Crippen LogP contribution in [0, 0.1) is 0 Å². The molecular formula is C20H17NO3. The minimum absolute atomic E-state index is 0.407. The van der Waals surface area contributed by atoms with Gasteiger partial charge in [0.2, 0.25) is 0 Å². The highest BCUT2D eigenvalue weighted by Crippen LogP contribution is 2.22. The van der Waals surface area contributed by atoms with Crippen LogP contribution < -0.4 is 10.2 Å². The Kier molecular flexibility index (Phi) is 4.89. The molecule has 0 spiro atoms. The van der Waals surface area contributed by atoms with Crippen molar-refractivity contribution in [3.63, 3.8) is 0 Å². The Morgan fingerprint density at radius 1 is 0.875 bits per heavy atom. The van der Waals surface area contributed by atoms with Crippen molar-refractivity contribution in [1.29, 1.82) is 0 Å². The molecule has 0 radical (unpaired) electrons. The number of amides is 1. The first kappa shape index (κ1) is 15.8. The van der Waals surface area contributed by atoms with Gasteiger partial charge in [0.1, 0.15) is 12.4 Å². The van der Waals surface area contributed by atoms with Crippen molar-refractivity contribution < 1.29 is 14.7 Å². The lowest BCUT2D eigenvalue weighted by Gasteiger charge is -2.08. The highest BCUT2D eigenvalue weighted by Gasteiger charge is 2.05. The van der Waals surface area contributed by atoms with E-state index in [9.17, 15) is 4.79 Å². The topological polar surface area (TPSA) is 58.6 Å². The number of hydrogen-bond donors (Lipinski definition) is 2. The Hall–Kier alpha value is -3.11. The molecule has 0 aliphatic rings. The minimum Gasteiger partial charge on any atom is -0.489 e. The van der Waals surface area contributed by atoms with Gasteiger partial charge in [-0.05, 0) is 47.0 Å². The van der Waals surface area contributed by atoms with Gasteiger partial charge < -0.3 is 4.74 Å². The van der Waals surface area contributed by atoms with Crippen molar-refractivity contribution >= 4 is 5.91 Å². The van der Waals surface area contributed by atoms with E-state index in [1.807, 2.05) is 60.7 Å². The molecule has 0 aromatic heterocycles. The number of para-hydroxylation sites is 1. The van der Waals surface area contributed by atoms with Crippen LogP contribution >= 0.6 is 0 Å². The number of nitrogens with one attached hydrogen (secondary N) is 1. The zero-order chi connectivity index (χ0) is 16.8. The first-order valence-electron chi connectivity index (χ1n) is 7.58. The zero-order valence-corrected chi connectivity index (χ0v) is 13.0. The van der Waals surface area contributed by atoms with E-state index in [2.05, 4.69) is 6.07 Å². The van der Waals surface area contributed by atoms with Crippen LogP contribution in [0.1, 0.15) is 15.9 Å². The molecular weight excluding hydrogens is 302 g/mol. The summed E-state index contributed by atoms with van der Waals surface area (Å²) in [4.78, 5) is 11.4. The standard InChI is InChI=1S/C20H17NO3/c22-20(21-23)17-11-9-16(10-12-17)18-6-4-5-15(13-18)14-24-19-7-2-1-3-8-19/h1-13,23H,14H2,(H,21,22). The van der Waals surface area contributed by atoms with E-state index >= 15 is 0 Å². The van der Waals surface area contributed by atoms with Gasteiger partial charge in [-0.15, -0.1) is 0 Å². The minimum atomic E-state index is -0.522. The van der Waals surface area contributed by atoms with Crippen molar-refractivity contribution in [2.45, 2.75) is 6.61 Å². The molecule has 120 valence electrons. The predicted molar refractivity (Wildman–Crippen MR) is 91.9 cm³/mol. The van der Waals surface area contributed by atoms with Crippen molar-refractivity contribution in [2.24, 2.45) is 0 Å². The van der Waals surface area contributed by atoms with Gasteiger partial charge >= 0.3 is 0 Å². The Morgan fingerprint density at radius 2 is 1.62 bits per heavy atom. The summed E-state index contributed by atoms with van der Waals surface area (Å²) < 4.78 is 5.77. The van der Waals surface area contributed by atoms with Gasteiger partial charge in [-0.25, -0.2) is 5.48 Å². The van der Waals surface area contributed by atoms with Crippen molar-refractivity contribution in [1.82, 2.24) is 5.48 Å². The lowest BCUT2D eigenvalue weighted by Crippen LogP contribution is -2.18. The molecule has 0 aliphatic carbocycles. The number of rotatable bonds is 5. The van der Waals surface area contributed by atoms with Crippen LogP contribution in [0.25, 0.3) is 11.1 Å². The lowest BCUT2D eigenvalue weighted by molar-refractivity contribution is 0.0706. The third-order valence-corrected chi connectivity index (χ3v) is 3.66. The number of hydroxylamine groups is 1. The van der Waals surface area contributed by atoms with Crippen LogP contribution in [-0.2, 0) is 6.61 Å². The fourth-order valence-corrected chi connectivity index (χ4v) is 2.40. The summed E-state index contributed by atoms with van der Waals surface area (Å²) in [6.45, 7) is 0.489. The largest absolute Gasteiger partial charge is 0.489 e. The number of ether oxygens (including phenoxy) is 1.